The van der Waals surface area contributed by atoms with Gasteiger partial charge in [-0.05, 0) is 137 Å². The molecular formula is C35H36. The molecule has 0 bridgehead atoms. The first kappa shape index (κ1) is 21.4. The van der Waals surface area contributed by atoms with E-state index in [-0.39, 0.29) is 5.41 Å². The predicted octanol–water partition coefficient (Wildman–Crippen LogP) is 9.64. The Morgan fingerprint density at radius 1 is 0.600 bits per heavy atom. The summed E-state index contributed by atoms with van der Waals surface area (Å²) >= 11 is 0. The predicted molar refractivity (Wildman–Crippen MR) is 149 cm³/mol. The average Bonchev–Trinajstić information content (AvgIpc) is 3.14. The van der Waals surface area contributed by atoms with Crippen LogP contribution in [-0.4, -0.2) is 0 Å². The SMILES string of the molecule is CC1(C)C2=C(CCC=C2)c2ccc(C3=CC4=C(C=C(C5=CC6=C(C=CCC6)CC5)CC4)CC3)cc21. The van der Waals surface area contributed by atoms with Crippen LogP contribution in [0.4, 0.5) is 0 Å². The van der Waals surface area contributed by atoms with Gasteiger partial charge in [0.05, 0.1) is 0 Å². The quantitative estimate of drug-likeness (QED) is 0.415. The summed E-state index contributed by atoms with van der Waals surface area (Å²) in [5.41, 5.74) is 18.9. The van der Waals surface area contributed by atoms with Gasteiger partial charge in [0, 0.05) is 5.41 Å². The van der Waals surface area contributed by atoms with Crippen molar-refractivity contribution in [3.8, 4) is 0 Å². The van der Waals surface area contributed by atoms with Gasteiger partial charge in [-0.25, -0.2) is 0 Å². The lowest BCUT2D eigenvalue weighted by Crippen LogP contribution is -2.17. The molecule has 0 aliphatic heterocycles. The van der Waals surface area contributed by atoms with Crippen LogP contribution >= 0.6 is 0 Å². The van der Waals surface area contributed by atoms with E-state index in [4.69, 9.17) is 0 Å². The van der Waals surface area contributed by atoms with Crippen molar-refractivity contribution in [1.82, 2.24) is 0 Å². The zero-order valence-corrected chi connectivity index (χ0v) is 21.3. The highest BCUT2D eigenvalue weighted by atomic mass is 14.4. The van der Waals surface area contributed by atoms with Gasteiger partial charge in [-0.1, -0.05) is 68.5 Å². The van der Waals surface area contributed by atoms with Gasteiger partial charge in [0.2, 0.25) is 0 Å². The van der Waals surface area contributed by atoms with Crippen LogP contribution in [0.3, 0.4) is 0 Å². The number of allylic oxidation sites excluding steroid dienone is 16. The summed E-state index contributed by atoms with van der Waals surface area (Å²) in [6.07, 6.45) is 29.1. The summed E-state index contributed by atoms with van der Waals surface area (Å²) in [6.45, 7) is 4.83. The molecule has 0 N–H and O–H groups in total. The molecule has 6 aliphatic rings. The van der Waals surface area contributed by atoms with Crippen molar-refractivity contribution in [2.45, 2.75) is 83.5 Å². The molecule has 0 fully saturated rings. The van der Waals surface area contributed by atoms with E-state index in [0.29, 0.717) is 0 Å². The molecule has 0 heterocycles. The lowest BCUT2D eigenvalue weighted by Gasteiger charge is -2.28. The number of benzene rings is 1. The van der Waals surface area contributed by atoms with E-state index in [1.165, 1.54) is 74.5 Å². The Hall–Kier alpha value is -2.86. The van der Waals surface area contributed by atoms with Crippen LogP contribution in [-0.2, 0) is 5.41 Å². The Morgan fingerprint density at radius 2 is 1.23 bits per heavy atom. The van der Waals surface area contributed by atoms with Crippen molar-refractivity contribution in [2.24, 2.45) is 0 Å². The molecule has 35 heavy (non-hydrogen) atoms. The fourth-order valence-corrected chi connectivity index (χ4v) is 7.38. The zero-order chi connectivity index (χ0) is 23.6. The molecule has 1 aromatic carbocycles. The maximum Gasteiger partial charge on any atom is 0.0155 e. The highest BCUT2D eigenvalue weighted by molar-refractivity contribution is 5.85. The highest BCUT2D eigenvalue weighted by Crippen LogP contribution is 2.51. The average molecular weight is 457 g/mol. The van der Waals surface area contributed by atoms with E-state index in [1.54, 1.807) is 50.2 Å². The molecule has 0 radical (unpaired) electrons. The van der Waals surface area contributed by atoms with Crippen molar-refractivity contribution in [2.75, 3.05) is 0 Å². The van der Waals surface area contributed by atoms with Crippen molar-refractivity contribution in [1.29, 1.82) is 0 Å². The van der Waals surface area contributed by atoms with Crippen LogP contribution in [0.15, 0.2) is 99.7 Å². The Bertz CT molecular complexity index is 1380. The van der Waals surface area contributed by atoms with Crippen LogP contribution < -0.4 is 0 Å². The molecule has 0 heteroatoms. The fraction of sp³-hybridized carbons (Fsp3) is 0.371. The van der Waals surface area contributed by atoms with Gasteiger partial charge < -0.3 is 0 Å². The highest BCUT2D eigenvalue weighted by Gasteiger charge is 2.37. The lowest BCUT2D eigenvalue weighted by molar-refractivity contribution is 0.651. The Morgan fingerprint density at radius 3 is 2.03 bits per heavy atom. The molecule has 176 valence electrons. The van der Waals surface area contributed by atoms with E-state index in [2.05, 4.69) is 74.6 Å². The summed E-state index contributed by atoms with van der Waals surface area (Å²) < 4.78 is 0. The second-order valence-corrected chi connectivity index (χ2v) is 11.8. The summed E-state index contributed by atoms with van der Waals surface area (Å²) in [5, 5.41) is 0. The molecule has 6 aliphatic carbocycles. The second kappa shape index (κ2) is 8.09. The van der Waals surface area contributed by atoms with Crippen LogP contribution in [0.25, 0.3) is 11.1 Å². The largest absolute Gasteiger partial charge is 0.0839 e. The third kappa shape index (κ3) is 3.48. The summed E-state index contributed by atoms with van der Waals surface area (Å²) in [5.74, 6) is 0. The maximum absolute atomic E-state index is 2.57. The zero-order valence-electron chi connectivity index (χ0n) is 21.3. The summed E-state index contributed by atoms with van der Waals surface area (Å²) in [7, 11) is 0. The van der Waals surface area contributed by atoms with Crippen LogP contribution in [0, 0.1) is 0 Å². The van der Waals surface area contributed by atoms with E-state index in [0.717, 1.165) is 6.42 Å². The molecule has 1 aromatic rings. The Balaban J connectivity index is 1.18. The fourth-order valence-electron chi connectivity index (χ4n) is 7.38. The van der Waals surface area contributed by atoms with Gasteiger partial charge in [0.15, 0.2) is 0 Å². The van der Waals surface area contributed by atoms with Gasteiger partial charge >= 0.3 is 0 Å². The molecule has 0 atom stereocenters. The van der Waals surface area contributed by atoms with Gasteiger partial charge in [-0.15, -0.1) is 0 Å². The third-order valence-corrected chi connectivity index (χ3v) is 9.41. The van der Waals surface area contributed by atoms with Crippen molar-refractivity contribution < 1.29 is 0 Å². The Kier molecular flexibility index (Phi) is 4.95. The molecule has 0 spiro atoms. The van der Waals surface area contributed by atoms with Crippen molar-refractivity contribution in [3.05, 3.63) is 116 Å². The lowest BCUT2D eigenvalue weighted by atomic mass is 9.77. The molecule has 0 aromatic heterocycles. The number of hydrogen-bond acceptors (Lipinski definition) is 0. The number of hydrogen-bond donors (Lipinski definition) is 0. The number of rotatable bonds is 2. The van der Waals surface area contributed by atoms with E-state index >= 15 is 0 Å². The smallest absolute Gasteiger partial charge is 0.0155 e. The van der Waals surface area contributed by atoms with Crippen LogP contribution in [0.1, 0.15) is 94.7 Å². The molecule has 7 rings (SSSR count). The third-order valence-electron chi connectivity index (χ3n) is 9.41. The molecular weight excluding hydrogens is 420 g/mol. The van der Waals surface area contributed by atoms with Gasteiger partial charge in [0.1, 0.15) is 0 Å². The van der Waals surface area contributed by atoms with Crippen molar-refractivity contribution in [3.63, 3.8) is 0 Å². The first-order valence-electron chi connectivity index (χ1n) is 13.9. The minimum absolute atomic E-state index is 0.122. The molecule has 0 saturated carbocycles. The minimum Gasteiger partial charge on any atom is -0.0839 e. The minimum atomic E-state index is 0.122. The first-order valence-corrected chi connectivity index (χ1v) is 13.9. The van der Waals surface area contributed by atoms with Gasteiger partial charge in [0.25, 0.3) is 0 Å². The van der Waals surface area contributed by atoms with Gasteiger partial charge in [-0.3, -0.25) is 0 Å². The molecule has 0 amide bonds. The van der Waals surface area contributed by atoms with E-state index in [1.807, 2.05) is 0 Å². The summed E-state index contributed by atoms with van der Waals surface area (Å²) in [4.78, 5) is 0. The van der Waals surface area contributed by atoms with Crippen LogP contribution in [0.5, 0.6) is 0 Å². The van der Waals surface area contributed by atoms with E-state index < -0.39 is 0 Å². The van der Waals surface area contributed by atoms with Gasteiger partial charge in [-0.2, -0.15) is 0 Å². The molecule has 0 unspecified atom stereocenters. The first-order chi connectivity index (χ1) is 17.1. The normalized spacial score (nSPS) is 24.5. The van der Waals surface area contributed by atoms with Crippen molar-refractivity contribution >= 4 is 11.1 Å². The second-order valence-electron chi connectivity index (χ2n) is 11.8. The maximum atomic E-state index is 2.57. The standard InChI is InChI=1S/C35H36/c1-35(2)33-10-6-5-9-31(33)32-18-17-30(22-34(32)35)29-16-15-27-20-26(13-14-28(27)21-29)25-12-11-23-7-3-4-8-24(23)19-25/h3,6-7,10,17-22H,4-5,8-9,11-16H2,1-2H3. The van der Waals surface area contributed by atoms with E-state index in [9.17, 15) is 0 Å². The molecule has 0 saturated heterocycles. The summed E-state index contributed by atoms with van der Waals surface area (Å²) in [6, 6.07) is 7.36. The van der Waals surface area contributed by atoms with Crippen LogP contribution in [0.2, 0.25) is 0 Å². The molecule has 0 nitrogen and oxygen atoms in total. The topological polar surface area (TPSA) is 0 Å². The number of fused-ring (bicyclic) bond motifs is 2. The monoisotopic (exact) mass is 456 g/mol. The Labute approximate surface area is 210 Å².